The van der Waals surface area contributed by atoms with Crippen LogP contribution in [0.25, 0.3) is 0 Å². The second-order valence-electron chi connectivity index (χ2n) is 6.42. The number of nitrogens with zero attached hydrogens (tertiary/aromatic N) is 2. The second-order valence-corrected chi connectivity index (χ2v) is 6.90. The van der Waals surface area contributed by atoms with E-state index in [9.17, 15) is 9.59 Å². The van der Waals surface area contributed by atoms with Crippen molar-refractivity contribution in [3.8, 4) is 0 Å². The van der Waals surface area contributed by atoms with Crippen LogP contribution in [0.15, 0.2) is 37.6 Å². The molecule has 2 fully saturated rings. The Hall–Kier alpha value is -1.61. The van der Waals surface area contributed by atoms with Gasteiger partial charge in [0.1, 0.15) is 6.04 Å². The minimum Gasteiger partial charge on any atom is -0.516 e. The van der Waals surface area contributed by atoms with Crippen LogP contribution in [0.1, 0.15) is 32.6 Å². The fourth-order valence-electron chi connectivity index (χ4n) is 3.34. The molecule has 2 aliphatic rings. The number of aliphatic hydroxyl groups is 1. The van der Waals surface area contributed by atoms with E-state index < -0.39 is 6.04 Å². The van der Waals surface area contributed by atoms with Crippen LogP contribution in [0, 0.1) is 0 Å². The largest absolute Gasteiger partial charge is 0.516 e. The van der Waals surface area contributed by atoms with Gasteiger partial charge < -0.3 is 14.7 Å². The number of ketones is 1. The van der Waals surface area contributed by atoms with Crippen molar-refractivity contribution in [2.24, 2.45) is 0 Å². The Morgan fingerprint density at radius 2 is 2.04 bits per heavy atom. The molecule has 0 bridgehead atoms. The topological polar surface area (TPSA) is 79.1 Å². The molecule has 7 nitrogen and oxygen atoms in total. The van der Waals surface area contributed by atoms with E-state index in [0.29, 0.717) is 32.6 Å². The van der Waals surface area contributed by atoms with E-state index in [2.05, 4.69) is 13.2 Å². The number of hydrogen-bond acceptors (Lipinski definition) is 7. The maximum absolute atomic E-state index is 13.0. The van der Waals surface area contributed by atoms with E-state index in [-0.39, 0.29) is 23.8 Å². The SMILES string of the molecule is C=C.CSON1CC1C(C(C)=O)N(C(=O)CC/C=C/C=C/O)C1CCOCC1. The minimum absolute atomic E-state index is 0.0131. The highest BCUT2D eigenvalue weighted by atomic mass is 32.2. The molecular weight excluding hydrogens is 380 g/mol. The van der Waals surface area contributed by atoms with Gasteiger partial charge in [-0.1, -0.05) is 12.2 Å². The van der Waals surface area contributed by atoms with Crippen LogP contribution in [-0.4, -0.2) is 70.9 Å². The first-order valence-corrected chi connectivity index (χ1v) is 10.6. The standard InChI is InChI=1S/C18H28N2O5S.C2H4/c1-14(22)18(16-13-19(16)25-26-2)20(15-8-11-24-12-9-15)17(23)7-5-3-4-6-10-21;1-2/h3-4,6,10,15-16,18,21H,5,7-9,11-13H2,1-2H3;1-2H2/b4-3+,10-6+;. The van der Waals surface area contributed by atoms with Crippen LogP contribution in [0.5, 0.6) is 0 Å². The maximum Gasteiger partial charge on any atom is 0.223 e. The number of rotatable bonds is 10. The van der Waals surface area contributed by atoms with Crippen LogP contribution < -0.4 is 0 Å². The highest BCUT2D eigenvalue weighted by molar-refractivity contribution is 7.93. The molecule has 1 N–H and O–H groups in total. The van der Waals surface area contributed by atoms with Gasteiger partial charge in [0.25, 0.3) is 0 Å². The van der Waals surface area contributed by atoms with Crippen molar-refractivity contribution < 1.29 is 23.7 Å². The van der Waals surface area contributed by atoms with Crippen molar-refractivity contribution in [2.75, 3.05) is 26.0 Å². The molecule has 3 unspecified atom stereocenters. The van der Waals surface area contributed by atoms with Crippen LogP contribution in [-0.2, 0) is 18.6 Å². The summed E-state index contributed by atoms with van der Waals surface area (Å²) in [5.74, 6) is -0.0356. The Morgan fingerprint density at radius 1 is 1.36 bits per heavy atom. The summed E-state index contributed by atoms with van der Waals surface area (Å²) in [5.41, 5.74) is 0. The number of ether oxygens (including phenoxy) is 1. The fourth-order valence-corrected chi connectivity index (χ4v) is 3.70. The van der Waals surface area contributed by atoms with Gasteiger partial charge in [-0.05, 0) is 32.3 Å². The molecule has 28 heavy (non-hydrogen) atoms. The predicted octanol–water partition coefficient (Wildman–Crippen LogP) is 3.06. The molecule has 0 saturated carbocycles. The number of hydrogen-bond donors (Lipinski definition) is 1. The lowest BCUT2D eigenvalue weighted by molar-refractivity contribution is -0.145. The first-order chi connectivity index (χ1) is 13.6. The summed E-state index contributed by atoms with van der Waals surface area (Å²) >= 11 is 1.24. The number of allylic oxidation sites excluding steroid dienone is 3. The lowest BCUT2D eigenvalue weighted by Crippen LogP contribution is -2.54. The summed E-state index contributed by atoms with van der Waals surface area (Å²) in [6.45, 7) is 9.41. The lowest BCUT2D eigenvalue weighted by atomic mass is 9.99. The van der Waals surface area contributed by atoms with Gasteiger partial charge >= 0.3 is 0 Å². The Balaban J connectivity index is 0.00000190. The molecule has 2 aliphatic heterocycles. The van der Waals surface area contributed by atoms with E-state index >= 15 is 0 Å². The van der Waals surface area contributed by atoms with E-state index in [1.54, 1.807) is 23.0 Å². The van der Waals surface area contributed by atoms with Crippen LogP contribution >= 0.6 is 12.0 Å². The van der Waals surface area contributed by atoms with Crippen molar-refractivity contribution >= 4 is 23.7 Å². The number of hydroxylamine groups is 2. The molecule has 1 amide bonds. The van der Waals surface area contributed by atoms with Gasteiger partial charge in [0.05, 0.1) is 12.3 Å². The summed E-state index contributed by atoms with van der Waals surface area (Å²) in [4.78, 5) is 27.2. The molecule has 0 aromatic heterocycles. The Kier molecular flexibility index (Phi) is 11.8. The predicted molar refractivity (Wildman–Crippen MR) is 112 cm³/mol. The lowest BCUT2D eigenvalue weighted by Gasteiger charge is -2.39. The number of aliphatic hydroxyl groups excluding tert-OH is 1. The zero-order chi connectivity index (χ0) is 20.9. The first kappa shape index (κ1) is 24.4. The van der Waals surface area contributed by atoms with Gasteiger partial charge in [0, 0.05) is 50.5 Å². The molecule has 0 spiro atoms. The van der Waals surface area contributed by atoms with Crippen molar-refractivity contribution in [2.45, 2.75) is 50.7 Å². The highest BCUT2D eigenvalue weighted by Gasteiger charge is 2.50. The summed E-state index contributed by atoms with van der Waals surface area (Å²) in [5, 5.41) is 10.4. The Bertz CT molecular complexity index is 549. The molecule has 2 rings (SSSR count). The van der Waals surface area contributed by atoms with Crippen molar-refractivity contribution in [3.05, 3.63) is 37.6 Å². The number of carbonyl (C=O) groups excluding carboxylic acids is 2. The van der Waals surface area contributed by atoms with Gasteiger partial charge in [-0.3, -0.25) is 9.59 Å². The monoisotopic (exact) mass is 412 g/mol. The third-order valence-corrected chi connectivity index (χ3v) is 4.93. The first-order valence-electron chi connectivity index (χ1n) is 9.42. The van der Waals surface area contributed by atoms with Gasteiger partial charge in [0.15, 0.2) is 5.78 Å². The van der Waals surface area contributed by atoms with Gasteiger partial charge in [0.2, 0.25) is 5.91 Å². The van der Waals surface area contributed by atoms with E-state index in [4.69, 9.17) is 14.1 Å². The number of amides is 1. The minimum atomic E-state index is -0.487. The zero-order valence-electron chi connectivity index (χ0n) is 16.8. The number of Topliss-reactive ketones (excluding diaryl/α,β-unsaturated/α-hetero) is 1. The fraction of sp³-hybridized carbons (Fsp3) is 0.600. The molecule has 8 heteroatoms. The van der Waals surface area contributed by atoms with E-state index in [0.717, 1.165) is 19.1 Å². The molecule has 2 saturated heterocycles. The maximum atomic E-state index is 13.0. The molecule has 0 aliphatic carbocycles. The van der Waals surface area contributed by atoms with E-state index in [1.165, 1.54) is 18.1 Å². The quantitative estimate of drug-likeness (QED) is 0.194. The smallest absolute Gasteiger partial charge is 0.223 e. The zero-order valence-corrected chi connectivity index (χ0v) is 17.6. The third-order valence-electron chi connectivity index (χ3n) is 4.58. The van der Waals surface area contributed by atoms with E-state index in [1.807, 2.05) is 12.3 Å². The molecule has 2 heterocycles. The normalized spacial score (nSPS) is 23.2. The second kappa shape index (κ2) is 13.5. The molecule has 158 valence electrons. The summed E-state index contributed by atoms with van der Waals surface area (Å²) < 4.78 is 10.9. The van der Waals surface area contributed by atoms with Crippen molar-refractivity contribution in [1.29, 1.82) is 0 Å². The average molecular weight is 413 g/mol. The van der Waals surface area contributed by atoms with Crippen LogP contribution in [0.3, 0.4) is 0 Å². The summed E-state index contributed by atoms with van der Waals surface area (Å²) in [7, 11) is 0. The summed E-state index contributed by atoms with van der Waals surface area (Å²) in [6, 6.07) is -0.554. The number of carbonyl (C=O) groups is 2. The molecule has 0 aromatic carbocycles. The van der Waals surface area contributed by atoms with Crippen molar-refractivity contribution in [1.82, 2.24) is 9.96 Å². The molecular formula is C20H32N2O5S. The molecule has 0 radical (unpaired) electrons. The van der Waals surface area contributed by atoms with Crippen molar-refractivity contribution in [3.63, 3.8) is 0 Å². The van der Waals surface area contributed by atoms with Crippen LogP contribution in [0.2, 0.25) is 0 Å². The van der Waals surface area contributed by atoms with Gasteiger partial charge in [-0.25, -0.2) is 4.28 Å². The van der Waals surface area contributed by atoms with Gasteiger partial charge in [-0.15, -0.1) is 13.2 Å². The Morgan fingerprint density at radius 3 is 2.61 bits per heavy atom. The molecule has 3 atom stereocenters. The Labute approximate surface area is 172 Å². The average Bonchev–Trinajstić information content (AvgIpc) is 3.46. The summed E-state index contributed by atoms with van der Waals surface area (Å²) in [6.07, 6.45) is 10.2. The van der Waals surface area contributed by atoms with Crippen LogP contribution in [0.4, 0.5) is 0 Å². The molecule has 0 aromatic rings. The highest BCUT2D eigenvalue weighted by Crippen LogP contribution is 2.31. The van der Waals surface area contributed by atoms with Gasteiger partial charge in [-0.2, -0.15) is 5.06 Å². The third kappa shape index (κ3) is 7.43.